The van der Waals surface area contributed by atoms with E-state index in [2.05, 4.69) is 4.98 Å². The molecule has 0 atom stereocenters. The topological polar surface area (TPSA) is 81.4 Å². The van der Waals surface area contributed by atoms with Crippen LogP contribution in [-0.2, 0) is 6.61 Å². The zero-order valence-electron chi connectivity index (χ0n) is 15.5. The lowest BCUT2D eigenvalue weighted by atomic mass is 10.0. The Morgan fingerprint density at radius 2 is 2.03 bits per heavy atom. The van der Waals surface area contributed by atoms with Gasteiger partial charge in [-0.2, -0.15) is 5.26 Å². The fraction of sp³-hybridized carbons (Fsp3) is 0.136. The summed E-state index contributed by atoms with van der Waals surface area (Å²) in [6.45, 7) is 2.48. The predicted octanol–water partition coefficient (Wildman–Crippen LogP) is 4.55. The molecule has 3 aromatic rings. The summed E-state index contributed by atoms with van der Waals surface area (Å²) in [5, 5.41) is 12.4. The molecule has 0 spiro atoms. The molecule has 0 saturated carbocycles. The van der Waals surface area contributed by atoms with Gasteiger partial charge in [-0.15, -0.1) is 11.3 Å². The largest absolute Gasteiger partial charge is 0.487 e. The Labute approximate surface area is 171 Å². The molecule has 2 heterocycles. The zero-order valence-corrected chi connectivity index (χ0v) is 16.4. The standard InChI is InChI=1S/C22H16N2O4S/c1-14-24-18(12-29-14)11-26-19-5-2-15(3-6-19)8-17(10-23)22(25)16-4-7-20-21(9-16)28-13-27-20/h2-9,12H,11,13H2,1H3/b17-8-. The summed E-state index contributed by atoms with van der Waals surface area (Å²) in [5.74, 6) is 1.41. The van der Waals surface area contributed by atoms with Crippen LogP contribution < -0.4 is 14.2 Å². The van der Waals surface area contributed by atoms with Gasteiger partial charge in [0.2, 0.25) is 12.6 Å². The van der Waals surface area contributed by atoms with Gasteiger partial charge in [-0.3, -0.25) is 4.79 Å². The summed E-state index contributed by atoms with van der Waals surface area (Å²) in [4.78, 5) is 17.0. The minimum atomic E-state index is -0.370. The van der Waals surface area contributed by atoms with Crippen LogP contribution in [0.2, 0.25) is 0 Å². The van der Waals surface area contributed by atoms with Crippen molar-refractivity contribution in [3.05, 3.63) is 75.2 Å². The van der Waals surface area contributed by atoms with Gasteiger partial charge in [-0.25, -0.2) is 4.98 Å². The minimum Gasteiger partial charge on any atom is -0.487 e. The van der Waals surface area contributed by atoms with Crippen molar-refractivity contribution in [1.82, 2.24) is 4.98 Å². The summed E-state index contributed by atoms with van der Waals surface area (Å²) in [5.41, 5.74) is 2.03. The Bertz CT molecular complexity index is 1130. The van der Waals surface area contributed by atoms with Gasteiger partial charge in [0.25, 0.3) is 0 Å². The van der Waals surface area contributed by atoms with Crippen molar-refractivity contribution < 1.29 is 19.0 Å². The number of nitriles is 1. The van der Waals surface area contributed by atoms with Crippen LogP contribution in [0.3, 0.4) is 0 Å². The molecule has 29 heavy (non-hydrogen) atoms. The third kappa shape index (κ3) is 4.28. The number of Topliss-reactive ketones (excluding diaryl/α,β-unsaturated/α-hetero) is 1. The molecule has 1 aliphatic heterocycles. The molecule has 144 valence electrons. The highest BCUT2D eigenvalue weighted by Crippen LogP contribution is 2.33. The fourth-order valence-corrected chi connectivity index (χ4v) is 3.40. The molecule has 4 rings (SSSR count). The lowest BCUT2D eigenvalue weighted by molar-refractivity contribution is 0.103. The molecule has 0 unspecified atom stereocenters. The van der Waals surface area contributed by atoms with Gasteiger partial charge in [0.05, 0.1) is 10.7 Å². The number of hydrogen-bond donors (Lipinski definition) is 0. The van der Waals surface area contributed by atoms with Crippen molar-refractivity contribution in [2.75, 3.05) is 6.79 Å². The van der Waals surface area contributed by atoms with Crippen molar-refractivity contribution in [2.24, 2.45) is 0 Å². The van der Waals surface area contributed by atoms with Gasteiger partial charge in [0.1, 0.15) is 24.0 Å². The second-order valence-corrected chi connectivity index (χ2v) is 7.34. The number of carbonyl (C=O) groups is 1. The Kier molecular flexibility index (Phi) is 5.27. The summed E-state index contributed by atoms with van der Waals surface area (Å²) in [6, 6.07) is 14.1. The second kappa shape index (κ2) is 8.17. The van der Waals surface area contributed by atoms with Gasteiger partial charge in [0.15, 0.2) is 11.5 Å². The summed E-state index contributed by atoms with van der Waals surface area (Å²) in [7, 11) is 0. The number of fused-ring (bicyclic) bond motifs is 1. The van der Waals surface area contributed by atoms with Gasteiger partial charge >= 0.3 is 0 Å². The maximum absolute atomic E-state index is 12.7. The third-order valence-electron chi connectivity index (χ3n) is 4.24. The lowest BCUT2D eigenvalue weighted by Gasteiger charge is -2.05. The first-order valence-electron chi connectivity index (χ1n) is 8.82. The average molecular weight is 404 g/mol. The molecule has 0 aliphatic carbocycles. The number of thiazole rings is 1. The Morgan fingerprint density at radius 3 is 2.76 bits per heavy atom. The predicted molar refractivity (Wildman–Crippen MR) is 108 cm³/mol. The molecule has 1 aromatic heterocycles. The van der Waals surface area contributed by atoms with E-state index in [0.29, 0.717) is 29.4 Å². The fourth-order valence-electron chi connectivity index (χ4n) is 2.80. The quantitative estimate of drug-likeness (QED) is 0.341. The number of benzene rings is 2. The van der Waals surface area contributed by atoms with Crippen LogP contribution in [0.15, 0.2) is 53.4 Å². The average Bonchev–Trinajstić information content (AvgIpc) is 3.38. The third-order valence-corrected chi connectivity index (χ3v) is 5.07. The Balaban J connectivity index is 1.46. The normalized spacial score (nSPS) is 12.5. The van der Waals surface area contributed by atoms with Crippen molar-refractivity contribution in [2.45, 2.75) is 13.5 Å². The van der Waals surface area contributed by atoms with E-state index >= 15 is 0 Å². The minimum absolute atomic E-state index is 0.0375. The SMILES string of the molecule is Cc1nc(COc2ccc(/C=C(/C#N)C(=O)c3ccc4c(c3)OCO4)cc2)cs1. The van der Waals surface area contributed by atoms with Gasteiger partial charge < -0.3 is 14.2 Å². The smallest absolute Gasteiger partial charge is 0.231 e. The summed E-state index contributed by atoms with van der Waals surface area (Å²) >= 11 is 1.58. The molecule has 0 bridgehead atoms. The molecule has 2 aromatic carbocycles. The van der Waals surface area contributed by atoms with E-state index in [1.54, 1.807) is 59.9 Å². The highest BCUT2D eigenvalue weighted by Gasteiger charge is 2.18. The van der Waals surface area contributed by atoms with Gasteiger partial charge in [0, 0.05) is 10.9 Å². The number of aryl methyl sites for hydroxylation is 1. The van der Waals surface area contributed by atoms with Crippen LogP contribution in [-0.4, -0.2) is 17.6 Å². The monoisotopic (exact) mass is 404 g/mol. The summed E-state index contributed by atoms with van der Waals surface area (Å²) in [6.07, 6.45) is 1.56. The number of ether oxygens (including phenoxy) is 3. The molecule has 0 radical (unpaired) electrons. The van der Waals surface area contributed by atoms with Crippen molar-refractivity contribution in [3.63, 3.8) is 0 Å². The van der Waals surface area contributed by atoms with Crippen molar-refractivity contribution >= 4 is 23.2 Å². The first-order chi connectivity index (χ1) is 14.1. The van der Waals surface area contributed by atoms with Crippen molar-refractivity contribution in [3.8, 4) is 23.3 Å². The molecular formula is C22H16N2O4S. The van der Waals surface area contributed by atoms with E-state index in [1.165, 1.54) is 0 Å². The van der Waals surface area contributed by atoms with E-state index in [4.69, 9.17) is 14.2 Å². The van der Waals surface area contributed by atoms with E-state index in [1.807, 2.05) is 18.4 Å². The molecule has 0 fully saturated rings. The van der Waals surface area contributed by atoms with E-state index in [9.17, 15) is 10.1 Å². The maximum Gasteiger partial charge on any atom is 0.231 e. The van der Waals surface area contributed by atoms with Gasteiger partial charge in [-0.1, -0.05) is 12.1 Å². The van der Waals surface area contributed by atoms with Crippen LogP contribution >= 0.6 is 11.3 Å². The zero-order chi connectivity index (χ0) is 20.2. The molecule has 0 N–H and O–H groups in total. The first-order valence-corrected chi connectivity index (χ1v) is 9.70. The Morgan fingerprint density at radius 1 is 1.24 bits per heavy atom. The first kappa shape index (κ1) is 18.7. The molecular weight excluding hydrogens is 388 g/mol. The van der Waals surface area contributed by atoms with E-state index in [0.717, 1.165) is 16.3 Å². The molecule has 0 amide bonds. The number of allylic oxidation sites excluding steroid dienone is 1. The number of ketones is 1. The van der Waals surface area contributed by atoms with Crippen LogP contribution in [0, 0.1) is 18.3 Å². The lowest BCUT2D eigenvalue weighted by Crippen LogP contribution is -2.02. The number of rotatable bonds is 6. The number of nitrogens with zero attached hydrogens (tertiary/aromatic N) is 2. The Hall–Kier alpha value is -3.63. The molecule has 1 aliphatic rings. The van der Waals surface area contributed by atoms with Crippen LogP contribution in [0.5, 0.6) is 17.2 Å². The molecule has 0 saturated heterocycles. The van der Waals surface area contributed by atoms with Crippen molar-refractivity contribution in [1.29, 1.82) is 5.26 Å². The number of hydrogen-bond acceptors (Lipinski definition) is 7. The summed E-state index contributed by atoms with van der Waals surface area (Å²) < 4.78 is 16.3. The van der Waals surface area contributed by atoms with Crippen LogP contribution in [0.1, 0.15) is 26.6 Å². The highest BCUT2D eigenvalue weighted by molar-refractivity contribution is 7.09. The molecule has 7 heteroatoms. The molecule has 6 nitrogen and oxygen atoms in total. The van der Waals surface area contributed by atoms with E-state index in [-0.39, 0.29) is 18.1 Å². The van der Waals surface area contributed by atoms with E-state index < -0.39 is 0 Å². The second-order valence-electron chi connectivity index (χ2n) is 6.28. The number of carbonyl (C=O) groups excluding carboxylic acids is 1. The maximum atomic E-state index is 12.7. The number of aromatic nitrogens is 1. The van der Waals surface area contributed by atoms with Gasteiger partial charge in [-0.05, 0) is 48.9 Å². The highest BCUT2D eigenvalue weighted by atomic mass is 32.1. The van der Waals surface area contributed by atoms with Crippen LogP contribution in [0.4, 0.5) is 0 Å². The van der Waals surface area contributed by atoms with Crippen LogP contribution in [0.25, 0.3) is 6.08 Å².